The van der Waals surface area contributed by atoms with Crippen LogP contribution in [0, 0.1) is 0 Å². The van der Waals surface area contributed by atoms with Gasteiger partial charge in [0.25, 0.3) is 0 Å². The largest absolute Gasteiger partial charge is 0.384 e. The number of hydrogen-bond acceptors (Lipinski definition) is 5. The van der Waals surface area contributed by atoms with Crippen LogP contribution in [0.1, 0.15) is 22.8 Å². The minimum absolute atomic E-state index is 0.0435. The molecule has 0 bridgehead atoms. The van der Waals surface area contributed by atoms with Crippen LogP contribution in [-0.4, -0.2) is 51.2 Å². The third-order valence-electron chi connectivity index (χ3n) is 5.30. The Morgan fingerprint density at radius 2 is 1.70 bits per heavy atom. The predicted octanol–water partition coefficient (Wildman–Crippen LogP) is 2.37. The van der Waals surface area contributed by atoms with E-state index >= 15 is 0 Å². The molecule has 2 aromatic carbocycles. The van der Waals surface area contributed by atoms with Gasteiger partial charge in [0.05, 0.1) is 4.90 Å². The van der Waals surface area contributed by atoms with Crippen molar-refractivity contribution in [2.75, 3.05) is 42.9 Å². The third kappa shape index (κ3) is 3.44. The lowest BCUT2D eigenvalue weighted by molar-refractivity contribution is 0.101. The number of carbonyl (C=O) groups is 1. The molecule has 0 saturated carbocycles. The summed E-state index contributed by atoms with van der Waals surface area (Å²) in [6.07, 6.45) is 0.864. The van der Waals surface area contributed by atoms with E-state index in [-0.39, 0.29) is 5.78 Å². The van der Waals surface area contributed by atoms with Crippen molar-refractivity contribution in [2.45, 2.75) is 18.2 Å². The van der Waals surface area contributed by atoms with Crippen molar-refractivity contribution in [3.8, 4) is 0 Å². The van der Waals surface area contributed by atoms with E-state index < -0.39 is 10.0 Å². The van der Waals surface area contributed by atoms with Crippen LogP contribution in [0.15, 0.2) is 47.4 Å². The van der Waals surface area contributed by atoms with E-state index in [1.807, 2.05) is 30.3 Å². The number of Topliss-reactive ketones (excluding diaryl/α,β-unsaturated/α-hetero) is 1. The van der Waals surface area contributed by atoms with Crippen molar-refractivity contribution < 1.29 is 13.2 Å². The van der Waals surface area contributed by atoms with Crippen molar-refractivity contribution in [3.63, 3.8) is 0 Å². The number of hydrogen-bond donors (Lipinski definition) is 1. The Bertz CT molecular complexity index is 962. The van der Waals surface area contributed by atoms with Crippen LogP contribution in [0.4, 0.5) is 11.4 Å². The molecule has 1 fully saturated rings. The summed E-state index contributed by atoms with van der Waals surface area (Å²) in [5, 5.41) is 3.26. The first-order valence-electron chi connectivity index (χ1n) is 9.18. The Morgan fingerprint density at radius 1 is 1.00 bits per heavy atom. The van der Waals surface area contributed by atoms with E-state index in [9.17, 15) is 13.2 Å². The second-order valence-corrected chi connectivity index (χ2v) is 8.93. The normalized spacial score (nSPS) is 17.4. The Kier molecular flexibility index (Phi) is 4.65. The summed E-state index contributed by atoms with van der Waals surface area (Å²) in [4.78, 5) is 13.9. The molecule has 0 aliphatic carbocycles. The van der Waals surface area contributed by atoms with Gasteiger partial charge in [-0.2, -0.15) is 4.31 Å². The lowest BCUT2D eigenvalue weighted by Crippen LogP contribution is -2.48. The van der Waals surface area contributed by atoms with Crippen molar-refractivity contribution in [1.82, 2.24) is 4.31 Å². The van der Waals surface area contributed by atoms with Gasteiger partial charge in [0.2, 0.25) is 10.0 Å². The molecule has 1 N–H and O–H groups in total. The lowest BCUT2D eigenvalue weighted by Gasteiger charge is -2.35. The summed E-state index contributed by atoms with van der Waals surface area (Å²) in [5.41, 5.74) is 3.81. The second-order valence-electron chi connectivity index (χ2n) is 6.99. The highest BCUT2D eigenvalue weighted by atomic mass is 32.2. The van der Waals surface area contributed by atoms with E-state index in [4.69, 9.17) is 0 Å². The van der Waals surface area contributed by atoms with Gasteiger partial charge in [0.15, 0.2) is 5.78 Å². The molecule has 0 spiro atoms. The Balaban J connectivity index is 1.46. The van der Waals surface area contributed by atoms with Gasteiger partial charge in [-0.1, -0.05) is 0 Å². The average Bonchev–Trinajstić information content (AvgIpc) is 3.16. The molecule has 0 atom stereocenters. The summed E-state index contributed by atoms with van der Waals surface area (Å²) in [5.74, 6) is 0.0435. The standard InChI is InChI=1S/C20H23N3O3S/c1-15(24)16-2-4-18(5-3-16)22-10-12-23(13-11-22)27(25,26)19-6-7-20-17(14-19)8-9-21-20/h2-7,14,21H,8-13H2,1H3. The predicted molar refractivity (Wildman–Crippen MR) is 106 cm³/mol. The fraction of sp³-hybridized carbons (Fsp3) is 0.350. The van der Waals surface area contributed by atoms with Gasteiger partial charge in [-0.15, -0.1) is 0 Å². The highest BCUT2D eigenvalue weighted by molar-refractivity contribution is 7.89. The molecule has 0 radical (unpaired) electrons. The number of benzene rings is 2. The molecule has 2 aromatic rings. The van der Waals surface area contributed by atoms with Crippen LogP contribution in [-0.2, 0) is 16.4 Å². The molecule has 2 aliphatic heterocycles. The topological polar surface area (TPSA) is 69.7 Å². The highest BCUT2D eigenvalue weighted by Crippen LogP contribution is 2.27. The minimum atomic E-state index is -3.47. The Hall–Kier alpha value is -2.38. The molecule has 0 unspecified atom stereocenters. The smallest absolute Gasteiger partial charge is 0.243 e. The molecule has 7 heteroatoms. The zero-order valence-electron chi connectivity index (χ0n) is 15.3. The van der Waals surface area contributed by atoms with Crippen molar-refractivity contribution in [3.05, 3.63) is 53.6 Å². The van der Waals surface area contributed by atoms with E-state index in [0.29, 0.717) is 36.6 Å². The number of rotatable bonds is 4. The first kappa shape index (κ1) is 18.0. The lowest BCUT2D eigenvalue weighted by atomic mass is 10.1. The molecule has 4 rings (SSSR count). The monoisotopic (exact) mass is 385 g/mol. The first-order chi connectivity index (χ1) is 12.9. The van der Waals surface area contributed by atoms with Crippen LogP contribution in [0.2, 0.25) is 0 Å². The maximum atomic E-state index is 13.0. The van der Waals surface area contributed by atoms with Gasteiger partial charge in [0, 0.05) is 49.7 Å². The molecule has 0 aromatic heterocycles. The fourth-order valence-electron chi connectivity index (χ4n) is 3.68. The van der Waals surface area contributed by atoms with Crippen LogP contribution in [0.3, 0.4) is 0 Å². The van der Waals surface area contributed by atoms with E-state index in [1.165, 1.54) is 0 Å². The molecule has 2 heterocycles. The summed E-state index contributed by atoms with van der Waals surface area (Å²) in [7, 11) is -3.47. The van der Waals surface area contributed by atoms with Crippen LogP contribution in [0.5, 0.6) is 0 Å². The number of carbonyl (C=O) groups excluding carboxylic acids is 1. The zero-order chi connectivity index (χ0) is 19.0. The quantitative estimate of drug-likeness (QED) is 0.819. The number of anilines is 2. The number of nitrogens with zero attached hydrogens (tertiary/aromatic N) is 2. The van der Waals surface area contributed by atoms with Gasteiger partial charge in [0.1, 0.15) is 0 Å². The van der Waals surface area contributed by atoms with Crippen molar-refractivity contribution in [2.24, 2.45) is 0 Å². The molecule has 2 aliphatic rings. The van der Waals surface area contributed by atoms with Gasteiger partial charge >= 0.3 is 0 Å². The fourth-order valence-corrected chi connectivity index (χ4v) is 5.16. The Labute approximate surface area is 159 Å². The van der Waals surface area contributed by atoms with E-state index in [1.54, 1.807) is 23.4 Å². The second kappa shape index (κ2) is 6.98. The van der Waals surface area contributed by atoms with Crippen LogP contribution < -0.4 is 10.2 Å². The average molecular weight is 385 g/mol. The van der Waals surface area contributed by atoms with Crippen LogP contribution >= 0.6 is 0 Å². The maximum absolute atomic E-state index is 13.0. The van der Waals surface area contributed by atoms with Gasteiger partial charge < -0.3 is 10.2 Å². The van der Waals surface area contributed by atoms with E-state index in [2.05, 4.69) is 10.2 Å². The molecule has 0 amide bonds. The number of ketones is 1. The van der Waals surface area contributed by atoms with Crippen molar-refractivity contribution >= 4 is 27.2 Å². The molecule has 142 valence electrons. The number of fused-ring (bicyclic) bond motifs is 1. The SMILES string of the molecule is CC(=O)c1ccc(N2CCN(S(=O)(=O)c3ccc4c(c3)CCN4)CC2)cc1. The number of nitrogens with one attached hydrogen (secondary N) is 1. The van der Waals surface area contributed by atoms with Gasteiger partial charge in [-0.25, -0.2) is 8.42 Å². The first-order valence-corrected chi connectivity index (χ1v) is 10.6. The molecule has 6 nitrogen and oxygen atoms in total. The summed E-state index contributed by atoms with van der Waals surface area (Å²) < 4.78 is 27.6. The molecule has 1 saturated heterocycles. The molecular formula is C20H23N3O3S. The summed E-state index contributed by atoms with van der Waals surface area (Å²) >= 11 is 0. The highest BCUT2D eigenvalue weighted by Gasteiger charge is 2.29. The summed E-state index contributed by atoms with van der Waals surface area (Å²) in [6.45, 7) is 4.57. The third-order valence-corrected chi connectivity index (χ3v) is 7.20. The number of sulfonamides is 1. The Morgan fingerprint density at radius 3 is 2.37 bits per heavy atom. The van der Waals surface area contributed by atoms with Gasteiger partial charge in [-0.05, 0) is 61.4 Å². The van der Waals surface area contributed by atoms with E-state index in [0.717, 1.165) is 29.9 Å². The maximum Gasteiger partial charge on any atom is 0.243 e. The molecule has 27 heavy (non-hydrogen) atoms. The zero-order valence-corrected chi connectivity index (χ0v) is 16.1. The molecular weight excluding hydrogens is 362 g/mol. The van der Waals surface area contributed by atoms with Gasteiger partial charge in [-0.3, -0.25) is 4.79 Å². The van der Waals surface area contributed by atoms with Crippen LogP contribution in [0.25, 0.3) is 0 Å². The minimum Gasteiger partial charge on any atom is -0.384 e. The number of piperazine rings is 1. The van der Waals surface area contributed by atoms with Crippen molar-refractivity contribution in [1.29, 1.82) is 0 Å². The summed E-state index contributed by atoms with van der Waals surface area (Å²) in [6, 6.07) is 12.8.